The van der Waals surface area contributed by atoms with E-state index < -0.39 is 5.91 Å². The molecule has 2 amide bonds. The second kappa shape index (κ2) is 8.77. The van der Waals surface area contributed by atoms with E-state index in [-0.39, 0.29) is 18.3 Å². The molecule has 0 unspecified atom stereocenters. The molecule has 1 saturated heterocycles. The fourth-order valence-corrected chi connectivity index (χ4v) is 3.38. The molecule has 0 radical (unpaired) electrons. The van der Waals surface area contributed by atoms with Crippen LogP contribution in [0.25, 0.3) is 11.0 Å². The molecule has 0 saturated carbocycles. The van der Waals surface area contributed by atoms with E-state index in [1.54, 1.807) is 35.2 Å². The predicted octanol–water partition coefficient (Wildman–Crippen LogP) is 3.88. The number of anilines is 1. The zero-order valence-electron chi connectivity index (χ0n) is 16.4. The number of ether oxygens (including phenoxy) is 2. The van der Waals surface area contributed by atoms with Crippen LogP contribution < -0.4 is 10.1 Å². The van der Waals surface area contributed by atoms with Gasteiger partial charge < -0.3 is 24.1 Å². The quantitative estimate of drug-likeness (QED) is 0.666. The molecule has 1 aromatic heterocycles. The van der Waals surface area contributed by atoms with Gasteiger partial charge in [-0.05, 0) is 42.8 Å². The summed E-state index contributed by atoms with van der Waals surface area (Å²) >= 11 is 6.02. The molecular formula is C22H21ClN2O5. The van der Waals surface area contributed by atoms with Gasteiger partial charge in [0.05, 0.1) is 13.2 Å². The van der Waals surface area contributed by atoms with Crippen LogP contribution in [0.5, 0.6) is 5.75 Å². The molecule has 2 heterocycles. The molecule has 0 spiro atoms. The van der Waals surface area contributed by atoms with Crippen LogP contribution in [-0.4, -0.2) is 49.6 Å². The Labute approximate surface area is 178 Å². The summed E-state index contributed by atoms with van der Waals surface area (Å²) in [5, 5.41) is 4.07. The number of morpholine rings is 1. The van der Waals surface area contributed by atoms with Gasteiger partial charge in [-0.25, -0.2) is 0 Å². The first-order valence-corrected chi connectivity index (χ1v) is 9.98. The van der Waals surface area contributed by atoms with Crippen LogP contribution in [0.1, 0.15) is 16.1 Å². The van der Waals surface area contributed by atoms with Gasteiger partial charge in [-0.2, -0.15) is 0 Å². The van der Waals surface area contributed by atoms with Crippen molar-refractivity contribution in [2.75, 3.05) is 38.2 Å². The number of hydrogen-bond acceptors (Lipinski definition) is 5. The van der Waals surface area contributed by atoms with E-state index in [1.807, 2.05) is 19.1 Å². The first-order valence-electron chi connectivity index (χ1n) is 9.60. The third kappa shape index (κ3) is 4.27. The number of benzene rings is 2. The molecule has 4 rings (SSSR count). The van der Waals surface area contributed by atoms with Crippen LogP contribution in [0.2, 0.25) is 5.02 Å². The van der Waals surface area contributed by atoms with Crippen LogP contribution in [0.3, 0.4) is 0 Å². The lowest BCUT2D eigenvalue weighted by atomic mass is 10.2. The Bertz CT molecular complexity index is 1090. The summed E-state index contributed by atoms with van der Waals surface area (Å²) in [4.78, 5) is 27.2. The Morgan fingerprint density at radius 1 is 1.17 bits per heavy atom. The Balaban J connectivity index is 1.54. The number of amides is 2. The Morgan fingerprint density at radius 2 is 1.93 bits per heavy atom. The summed E-state index contributed by atoms with van der Waals surface area (Å²) in [7, 11) is 0. The molecule has 7 nitrogen and oxygen atoms in total. The van der Waals surface area contributed by atoms with E-state index in [2.05, 4.69) is 5.32 Å². The molecule has 0 bridgehead atoms. The lowest BCUT2D eigenvalue weighted by Gasteiger charge is -2.26. The van der Waals surface area contributed by atoms with Gasteiger partial charge in [0.15, 0.2) is 6.61 Å². The minimum absolute atomic E-state index is 0.105. The first-order chi connectivity index (χ1) is 14.5. The monoisotopic (exact) mass is 428 g/mol. The highest BCUT2D eigenvalue weighted by atomic mass is 35.5. The number of furan rings is 1. The number of hydrogen-bond donors (Lipinski definition) is 1. The van der Waals surface area contributed by atoms with Crippen molar-refractivity contribution in [2.24, 2.45) is 0 Å². The van der Waals surface area contributed by atoms with Gasteiger partial charge in [0.1, 0.15) is 17.0 Å². The second-order valence-corrected chi connectivity index (χ2v) is 7.36. The molecule has 2 aromatic carbocycles. The minimum atomic E-state index is -0.398. The number of halogens is 1. The van der Waals surface area contributed by atoms with Crippen LogP contribution >= 0.6 is 11.6 Å². The van der Waals surface area contributed by atoms with Crippen LogP contribution in [-0.2, 0) is 9.53 Å². The van der Waals surface area contributed by atoms with Crippen LogP contribution in [0.4, 0.5) is 5.69 Å². The fraction of sp³-hybridized carbons (Fsp3) is 0.273. The largest absolute Gasteiger partial charge is 0.484 e. The van der Waals surface area contributed by atoms with Crippen molar-refractivity contribution >= 4 is 40.1 Å². The zero-order chi connectivity index (χ0) is 21.1. The number of aryl methyl sites for hydroxylation is 1. The van der Waals surface area contributed by atoms with Gasteiger partial charge in [0, 0.05) is 23.5 Å². The highest BCUT2D eigenvalue weighted by Gasteiger charge is 2.27. The fourth-order valence-electron chi connectivity index (χ4n) is 3.26. The highest BCUT2D eigenvalue weighted by molar-refractivity contribution is 6.31. The molecule has 1 fully saturated rings. The first kappa shape index (κ1) is 20.3. The Hall–Kier alpha value is -3.03. The smallest absolute Gasteiger partial charge is 0.291 e. The maximum absolute atomic E-state index is 13.0. The third-order valence-electron chi connectivity index (χ3n) is 4.85. The zero-order valence-corrected chi connectivity index (χ0v) is 17.2. The molecule has 0 aliphatic carbocycles. The molecular weight excluding hydrogens is 408 g/mol. The second-order valence-electron chi connectivity index (χ2n) is 6.95. The summed E-state index contributed by atoms with van der Waals surface area (Å²) < 4.78 is 16.7. The lowest BCUT2D eigenvalue weighted by molar-refractivity contribution is -0.118. The average Bonchev–Trinajstić information content (AvgIpc) is 3.13. The van der Waals surface area contributed by atoms with Gasteiger partial charge in [-0.15, -0.1) is 0 Å². The van der Waals surface area contributed by atoms with E-state index in [9.17, 15) is 9.59 Å². The maximum Gasteiger partial charge on any atom is 0.291 e. The Kier molecular flexibility index (Phi) is 5.92. The van der Waals surface area contributed by atoms with E-state index in [0.29, 0.717) is 53.7 Å². The normalized spacial score (nSPS) is 14.0. The molecule has 0 atom stereocenters. The third-order valence-corrected chi connectivity index (χ3v) is 5.28. The lowest BCUT2D eigenvalue weighted by Crippen LogP contribution is -2.40. The number of para-hydroxylation sites is 1. The molecule has 8 heteroatoms. The van der Waals surface area contributed by atoms with Crippen molar-refractivity contribution in [2.45, 2.75) is 6.92 Å². The van der Waals surface area contributed by atoms with E-state index in [0.717, 1.165) is 5.56 Å². The highest BCUT2D eigenvalue weighted by Crippen LogP contribution is 2.32. The summed E-state index contributed by atoms with van der Waals surface area (Å²) in [5.74, 6) is -0.0354. The SMILES string of the molecule is Cc1cc(OCC(=O)Nc2c(C(=O)N3CCOCC3)oc3ccccc23)ccc1Cl. The van der Waals surface area contributed by atoms with Gasteiger partial charge in [0.25, 0.3) is 11.8 Å². The minimum Gasteiger partial charge on any atom is -0.484 e. The van der Waals surface area contributed by atoms with Gasteiger partial charge in [-0.3, -0.25) is 9.59 Å². The molecule has 156 valence electrons. The summed E-state index contributed by atoms with van der Waals surface area (Å²) in [6, 6.07) is 12.4. The average molecular weight is 429 g/mol. The standard InChI is InChI=1S/C22H21ClN2O5/c1-14-12-15(6-7-17(14)23)29-13-19(26)24-20-16-4-2-3-5-18(16)30-21(20)22(27)25-8-10-28-11-9-25/h2-7,12H,8-11,13H2,1H3,(H,24,26). The molecule has 1 aliphatic rings. The van der Waals surface area contributed by atoms with Crippen LogP contribution in [0.15, 0.2) is 46.9 Å². The van der Waals surface area contributed by atoms with Crippen molar-refractivity contribution < 1.29 is 23.5 Å². The molecule has 1 aliphatic heterocycles. The maximum atomic E-state index is 13.0. The van der Waals surface area contributed by atoms with Crippen molar-refractivity contribution in [3.63, 3.8) is 0 Å². The summed E-state index contributed by atoms with van der Waals surface area (Å²) in [6.07, 6.45) is 0. The van der Waals surface area contributed by atoms with Gasteiger partial charge in [0.2, 0.25) is 5.76 Å². The van der Waals surface area contributed by atoms with E-state index in [1.165, 1.54) is 0 Å². The van der Waals surface area contributed by atoms with E-state index in [4.69, 9.17) is 25.5 Å². The number of nitrogens with one attached hydrogen (secondary N) is 1. The predicted molar refractivity (Wildman–Crippen MR) is 113 cm³/mol. The van der Waals surface area contributed by atoms with Crippen molar-refractivity contribution in [1.29, 1.82) is 0 Å². The van der Waals surface area contributed by atoms with Gasteiger partial charge in [-0.1, -0.05) is 23.7 Å². The van der Waals surface area contributed by atoms with Crippen molar-refractivity contribution in [3.8, 4) is 5.75 Å². The number of nitrogens with zero attached hydrogens (tertiary/aromatic N) is 1. The summed E-state index contributed by atoms with van der Waals surface area (Å²) in [5.41, 5.74) is 1.73. The topological polar surface area (TPSA) is 81.0 Å². The van der Waals surface area contributed by atoms with E-state index >= 15 is 0 Å². The summed E-state index contributed by atoms with van der Waals surface area (Å²) in [6.45, 7) is 3.54. The van der Waals surface area contributed by atoms with Crippen LogP contribution in [0, 0.1) is 6.92 Å². The molecule has 1 N–H and O–H groups in total. The number of carbonyl (C=O) groups is 2. The van der Waals surface area contributed by atoms with Crippen molar-refractivity contribution in [3.05, 3.63) is 58.8 Å². The van der Waals surface area contributed by atoms with Crippen molar-refractivity contribution in [1.82, 2.24) is 4.90 Å². The molecule has 30 heavy (non-hydrogen) atoms. The van der Waals surface area contributed by atoms with Gasteiger partial charge >= 0.3 is 0 Å². The number of carbonyl (C=O) groups excluding carboxylic acids is 2. The Morgan fingerprint density at radius 3 is 2.70 bits per heavy atom. The number of rotatable bonds is 5. The number of fused-ring (bicyclic) bond motifs is 1. The molecule has 3 aromatic rings.